The number of aliphatic hydroxyl groups is 6. The van der Waals surface area contributed by atoms with Gasteiger partial charge in [-0.25, -0.2) is 0 Å². The minimum absolute atomic E-state index is 0.0189. The summed E-state index contributed by atoms with van der Waals surface area (Å²) >= 11 is 0. The molecule has 0 radical (unpaired) electrons. The lowest BCUT2D eigenvalue weighted by Gasteiger charge is -2.65. The van der Waals surface area contributed by atoms with Crippen LogP contribution in [0.25, 0.3) is 0 Å². The zero-order valence-corrected chi connectivity index (χ0v) is 33.4. The second kappa shape index (κ2) is 15.7. The summed E-state index contributed by atoms with van der Waals surface area (Å²) in [6.07, 6.45) is 4.58. The number of aliphatic hydroxyl groups excluding tert-OH is 4. The van der Waals surface area contributed by atoms with E-state index in [1.165, 1.54) is 0 Å². The topological polar surface area (TPSA) is 198 Å². The number of ketones is 1. The molecule has 6 fully saturated rings. The van der Waals surface area contributed by atoms with E-state index in [4.69, 9.17) is 15.5 Å². The Morgan fingerprint density at radius 3 is 2.47 bits per heavy atom. The molecule has 6 aliphatic rings. The number of hydrogen-bond donors (Lipinski definition) is 8. The second-order valence-corrected chi connectivity index (χ2v) is 19.8. The lowest BCUT2D eigenvalue weighted by atomic mass is 9.40. The number of carbonyl (C=O) groups is 1. The number of nitrogens with one attached hydrogen (secondary N) is 1. The summed E-state index contributed by atoms with van der Waals surface area (Å²) in [7, 11) is 0. The Kier molecular flexibility index (Phi) is 12.3. The third-order valence-electron chi connectivity index (χ3n) is 16.1. The van der Waals surface area contributed by atoms with Crippen LogP contribution in [0.4, 0.5) is 0 Å². The lowest BCUT2D eigenvalue weighted by molar-refractivity contribution is -0.224. The first kappa shape index (κ1) is 41.6. The fourth-order valence-corrected chi connectivity index (χ4v) is 12.9. The van der Waals surface area contributed by atoms with Crippen LogP contribution in [0.1, 0.15) is 125 Å². The minimum Gasteiger partial charge on any atom is -0.391 e. The molecule has 0 amide bonds. The van der Waals surface area contributed by atoms with E-state index >= 15 is 0 Å². The van der Waals surface area contributed by atoms with E-state index in [1.54, 1.807) is 13.8 Å². The van der Waals surface area contributed by atoms with E-state index in [-0.39, 0.29) is 48.9 Å². The largest absolute Gasteiger partial charge is 0.391 e. The van der Waals surface area contributed by atoms with Crippen LogP contribution in [-0.2, 0) is 9.53 Å². The summed E-state index contributed by atoms with van der Waals surface area (Å²) in [5.41, 5.74) is 1.90. The molecule has 4 aliphatic carbocycles. The molecule has 0 aromatic heterocycles. The average molecular weight is 748 g/mol. The number of nitrogens with zero attached hydrogens (tertiary/aromatic N) is 1. The van der Waals surface area contributed by atoms with Crippen molar-refractivity contribution in [1.29, 1.82) is 0 Å². The smallest absolute Gasteiger partial charge is 0.180 e. The maximum absolute atomic E-state index is 14.9. The summed E-state index contributed by atoms with van der Waals surface area (Å²) in [4.78, 5) is 19.7. The third-order valence-corrected chi connectivity index (χ3v) is 16.1. The summed E-state index contributed by atoms with van der Waals surface area (Å²) in [5, 5.41) is 73.9. The Hall–Kier alpha value is -1.02. The summed E-state index contributed by atoms with van der Waals surface area (Å²) < 4.78 is 6.27. The molecule has 2 saturated heterocycles. The highest BCUT2D eigenvalue weighted by Crippen LogP contribution is 2.70. The quantitative estimate of drug-likeness (QED) is 0.147. The van der Waals surface area contributed by atoms with Gasteiger partial charge in [0, 0.05) is 17.3 Å². The van der Waals surface area contributed by atoms with Crippen LogP contribution in [0.5, 0.6) is 0 Å². The minimum atomic E-state index is -1.58. The van der Waals surface area contributed by atoms with Crippen LogP contribution in [0.2, 0.25) is 0 Å². The highest BCUT2D eigenvalue weighted by atomic mass is 16.5. The fourth-order valence-electron chi connectivity index (χ4n) is 12.9. The van der Waals surface area contributed by atoms with Gasteiger partial charge in [0.25, 0.3) is 0 Å². The molecule has 304 valence electrons. The standard InChI is InChI=1S/C42H73N3O8/c1-23(2)8-7-9-27-22-53-37(25(27)4)38(50)40(6,51)32-14-17-42(52)34-28(13-15-39(32,42)5)41(16-12-26-10-11-33(43)44-21-26)19-31(48)30(47)18-29(41)36(49)35(34)45-20-24(3)46/h23-34,37-38,44,46-48,50-52H,7-22,43H2,1-6H3/t24-,25+,26?,27+,28+,29+,30+,31-,32+,33?,34-,37+,38+,39+,40+,41+,42-/m0/s1. The van der Waals surface area contributed by atoms with Gasteiger partial charge in [-0.2, -0.15) is 0 Å². The molecule has 4 saturated carbocycles. The van der Waals surface area contributed by atoms with Gasteiger partial charge in [-0.3, -0.25) is 9.79 Å². The molecule has 2 heterocycles. The first-order valence-electron chi connectivity index (χ1n) is 21.2. The molecule has 0 aromatic rings. The molecule has 6 rings (SSSR count). The van der Waals surface area contributed by atoms with Gasteiger partial charge in [-0.05, 0) is 132 Å². The van der Waals surface area contributed by atoms with Crippen LogP contribution >= 0.6 is 0 Å². The van der Waals surface area contributed by atoms with Crippen molar-refractivity contribution in [2.24, 2.45) is 68.9 Å². The molecular formula is C42H73N3O8. The molecule has 2 aliphatic heterocycles. The lowest BCUT2D eigenvalue weighted by Crippen LogP contribution is -2.70. The fraction of sp³-hybridized carbons (Fsp3) is 0.952. The average Bonchev–Trinajstić information content (AvgIpc) is 3.60. The molecule has 17 atom stereocenters. The predicted molar refractivity (Wildman–Crippen MR) is 204 cm³/mol. The van der Waals surface area contributed by atoms with Crippen molar-refractivity contribution in [1.82, 2.24) is 5.32 Å². The van der Waals surface area contributed by atoms with Gasteiger partial charge in [0.05, 0.1) is 60.6 Å². The molecular weight excluding hydrogens is 674 g/mol. The van der Waals surface area contributed by atoms with Crippen LogP contribution in [0.3, 0.4) is 0 Å². The third kappa shape index (κ3) is 7.35. The van der Waals surface area contributed by atoms with E-state index in [0.717, 1.165) is 45.1 Å². The number of rotatable bonds is 12. The summed E-state index contributed by atoms with van der Waals surface area (Å²) in [5.74, 6) is -0.715. The number of hydrogen-bond acceptors (Lipinski definition) is 11. The van der Waals surface area contributed by atoms with Gasteiger partial charge < -0.3 is 46.4 Å². The van der Waals surface area contributed by atoms with E-state index in [2.05, 4.69) is 26.1 Å². The number of piperidine rings is 1. The van der Waals surface area contributed by atoms with Crippen LogP contribution in [0.15, 0.2) is 4.99 Å². The Bertz CT molecular complexity index is 1320. The first-order chi connectivity index (χ1) is 24.9. The van der Waals surface area contributed by atoms with E-state index in [1.807, 2.05) is 6.92 Å². The van der Waals surface area contributed by atoms with Crippen molar-refractivity contribution in [3.05, 3.63) is 0 Å². The second-order valence-electron chi connectivity index (χ2n) is 19.8. The predicted octanol–water partition coefficient (Wildman–Crippen LogP) is 3.34. The van der Waals surface area contributed by atoms with E-state index < -0.39 is 70.3 Å². The molecule has 2 unspecified atom stereocenters. The maximum Gasteiger partial charge on any atom is 0.180 e. The van der Waals surface area contributed by atoms with Gasteiger partial charge in [0.1, 0.15) is 6.10 Å². The molecule has 11 nitrogen and oxygen atoms in total. The highest BCUT2D eigenvalue weighted by Gasteiger charge is 2.74. The zero-order chi connectivity index (χ0) is 38.7. The summed E-state index contributed by atoms with van der Waals surface area (Å²) in [6.45, 7) is 13.3. The van der Waals surface area contributed by atoms with Crippen LogP contribution in [0, 0.1) is 58.2 Å². The Morgan fingerprint density at radius 2 is 1.81 bits per heavy atom. The Balaban J connectivity index is 1.33. The Labute approximate surface area is 317 Å². The normalized spacial score (nSPS) is 47.5. The number of aliphatic imine (C=N–C) groups is 1. The monoisotopic (exact) mass is 748 g/mol. The van der Waals surface area contributed by atoms with E-state index in [9.17, 15) is 35.4 Å². The number of carbonyl (C=O) groups excluding carboxylic acids is 1. The first-order valence-corrected chi connectivity index (χ1v) is 21.2. The Morgan fingerprint density at radius 1 is 1.08 bits per heavy atom. The van der Waals surface area contributed by atoms with Gasteiger partial charge >= 0.3 is 0 Å². The van der Waals surface area contributed by atoms with Gasteiger partial charge in [-0.15, -0.1) is 0 Å². The highest BCUT2D eigenvalue weighted by molar-refractivity contribution is 6.42. The van der Waals surface area contributed by atoms with Gasteiger partial charge in [0.15, 0.2) is 5.78 Å². The number of ether oxygens (including phenoxy) is 1. The number of nitrogens with two attached hydrogens (primary N) is 1. The molecule has 9 N–H and O–H groups in total. The molecule has 0 bridgehead atoms. The number of Topliss-reactive ketones (excluding diaryl/α,β-unsaturated/α-hetero) is 1. The molecule has 53 heavy (non-hydrogen) atoms. The maximum atomic E-state index is 14.9. The van der Waals surface area contributed by atoms with Crippen molar-refractivity contribution in [2.75, 3.05) is 19.7 Å². The van der Waals surface area contributed by atoms with Gasteiger partial charge in [0.2, 0.25) is 0 Å². The van der Waals surface area contributed by atoms with Crippen LogP contribution in [-0.4, -0.2) is 110 Å². The molecule has 11 heteroatoms. The van der Waals surface area contributed by atoms with Crippen LogP contribution < -0.4 is 11.1 Å². The van der Waals surface area contributed by atoms with E-state index in [0.29, 0.717) is 56.5 Å². The zero-order valence-electron chi connectivity index (χ0n) is 33.4. The van der Waals surface area contributed by atoms with Crippen molar-refractivity contribution in [3.63, 3.8) is 0 Å². The van der Waals surface area contributed by atoms with Gasteiger partial charge in [-0.1, -0.05) is 40.5 Å². The molecule has 0 aromatic carbocycles. The number of fused-ring (bicyclic) bond motifs is 5. The van der Waals surface area contributed by atoms with Crippen molar-refractivity contribution in [3.8, 4) is 0 Å². The summed E-state index contributed by atoms with van der Waals surface area (Å²) in [6, 6.07) is 0. The van der Waals surface area contributed by atoms with Crippen molar-refractivity contribution >= 4 is 11.5 Å². The van der Waals surface area contributed by atoms with Crippen molar-refractivity contribution < 1.29 is 40.2 Å². The SMILES string of the molecule is CC(C)CCC[C@@H]1CO[C@@H]([C@@H](O)[C@](C)(O)[C@@H]2CC[C@]3(O)[C@@H]4C(=NC[C@H](C)O)C(=O)[C@H]5C[C@@H](O)[C@@H](O)C[C@]5(CCC5CCC(N)NC5)[C@@H]4CC[C@]23C)[C@@H]1C. The van der Waals surface area contributed by atoms with Crippen molar-refractivity contribution in [2.45, 2.75) is 173 Å². The molecule has 0 spiro atoms.